The highest BCUT2D eigenvalue weighted by molar-refractivity contribution is 5.99. The molecule has 0 aliphatic carbocycles. The molecular weight excluding hydrogens is 629 g/mol. The van der Waals surface area contributed by atoms with E-state index in [0.717, 1.165) is 39.6 Å². The van der Waals surface area contributed by atoms with Crippen LogP contribution in [0.2, 0.25) is 0 Å². The summed E-state index contributed by atoms with van der Waals surface area (Å²) in [5, 5.41) is 4.92. The van der Waals surface area contributed by atoms with E-state index in [1.807, 2.05) is 0 Å². The molecule has 0 N–H and O–H groups in total. The summed E-state index contributed by atoms with van der Waals surface area (Å²) in [7, 11) is 0. The monoisotopic (exact) mass is 670 g/mol. The summed E-state index contributed by atoms with van der Waals surface area (Å²) >= 11 is 0. The van der Waals surface area contributed by atoms with Gasteiger partial charge < -0.3 is 9.80 Å². The van der Waals surface area contributed by atoms with Crippen LogP contribution in [-0.4, -0.2) is 0 Å². The van der Waals surface area contributed by atoms with Crippen LogP contribution in [0, 0.1) is 0 Å². The molecule has 2 heteroatoms. The van der Waals surface area contributed by atoms with Gasteiger partial charge in [-0.25, -0.2) is 0 Å². The standard InChI is InChI=1S/C50H42N2/c1-50(2,3)42-27-34-46(35-28-42)52(49-19-11-15-40-13-9-10-18-48(40)49)45-31-24-38(25-32-45)21-20-37-22-29-44(30-23-37)51(43-16-5-4-6-17-43)47-33-26-39-12-7-8-14-41(39)36-47/h4-36H,1-3H3. The lowest BCUT2D eigenvalue weighted by Gasteiger charge is -2.28. The topological polar surface area (TPSA) is 6.48 Å². The normalized spacial score (nSPS) is 11.7. The molecule has 8 rings (SSSR count). The van der Waals surface area contributed by atoms with Crippen LogP contribution in [0.1, 0.15) is 37.5 Å². The Hall–Kier alpha value is -6.38. The predicted octanol–water partition coefficient (Wildman–Crippen LogP) is 14.4. The van der Waals surface area contributed by atoms with Crippen molar-refractivity contribution in [2.75, 3.05) is 9.80 Å². The minimum absolute atomic E-state index is 0.0929. The Labute approximate surface area is 307 Å². The third-order valence-electron chi connectivity index (χ3n) is 9.78. The van der Waals surface area contributed by atoms with Crippen LogP contribution < -0.4 is 9.80 Å². The second kappa shape index (κ2) is 14.1. The van der Waals surface area contributed by atoms with E-state index in [1.54, 1.807) is 0 Å². The Morgan fingerprint density at radius 3 is 1.48 bits per heavy atom. The summed E-state index contributed by atoms with van der Waals surface area (Å²) in [6.45, 7) is 6.78. The molecule has 0 saturated carbocycles. The highest BCUT2D eigenvalue weighted by Crippen LogP contribution is 2.40. The molecule has 252 valence electrons. The lowest BCUT2D eigenvalue weighted by atomic mass is 9.87. The van der Waals surface area contributed by atoms with Crippen molar-refractivity contribution in [2.45, 2.75) is 26.2 Å². The summed E-state index contributed by atoms with van der Waals surface area (Å²) < 4.78 is 0. The summed E-state index contributed by atoms with van der Waals surface area (Å²) in [6, 6.07) is 67.6. The van der Waals surface area contributed by atoms with Crippen LogP contribution in [0.5, 0.6) is 0 Å². The molecule has 0 atom stereocenters. The van der Waals surface area contributed by atoms with Gasteiger partial charge in [-0.1, -0.05) is 154 Å². The van der Waals surface area contributed by atoms with Crippen molar-refractivity contribution in [3.63, 3.8) is 0 Å². The van der Waals surface area contributed by atoms with Crippen LogP contribution >= 0.6 is 0 Å². The van der Waals surface area contributed by atoms with E-state index in [-0.39, 0.29) is 5.41 Å². The first-order valence-corrected chi connectivity index (χ1v) is 18.0. The fraction of sp³-hybridized carbons (Fsp3) is 0.0800. The molecule has 0 spiro atoms. The number of para-hydroxylation sites is 1. The van der Waals surface area contributed by atoms with Gasteiger partial charge in [0.2, 0.25) is 0 Å². The first-order valence-electron chi connectivity index (χ1n) is 18.0. The number of anilines is 6. The van der Waals surface area contributed by atoms with E-state index in [2.05, 4.69) is 231 Å². The molecule has 0 aromatic heterocycles. The molecule has 0 heterocycles. The number of nitrogens with zero attached hydrogens (tertiary/aromatic N) is 2. The Morgan fingerprint density at radius 1 is 0.365 bits per heavy atom. The largest absolute Gasteiger partial charge is 0.310 e. The number of rotatable bonds is 8. The van der Waals surface area contributed by atoms with Crippen LogP contribution in [0.25, 0.3) is 33.7 Å². The van der Waals surface area contributed by atoms with Gasteiger partial charge in [0.05, 0.1) is 5.69 Å². The molecule has 52 heavy (non-hydrogen) atoms. The number of fused-ring (bicyclic) bond motifs is 2. The minimum Gasteiger partial charge on any atom is -0.310 e. The molecule has 0 aliphatic heterocycles. The van der Waals surface area contributed by atoms with Crippen LogP contribution in [-0.2, 0) is 5.41 Å². The first kappa shape index (κ1) is 32.8. The Bertz CT molecular complexity index is 2470. The average Bonchev–Trinajstić information content (AvgIpc) is 3.19. The highest BCUT2D eigenvalue weighted by Gasteiger charge is 2.18. The van der Waals surface area contributed by atoms with Gasteiger partial charge in [-0.15, -0.1) is 0 Å². The van der Waals surface area contributed by atoms with Crippen molar-refractivity contribution in [1.29, 1.82) is 0 Å². The fourth-order valence-corrected chi connectivity index (χ4v) is 6.94. The van der Waals surface area contributed by atoms with E-state index < -0.39 is 0 Å². The molecule has 8 aromatic carbocycles. The van der Waals surface area contributed by atoms with Gasteiger partial charge in [0.1, 0.15) is 0 Å². The molecule has 8 aromatic rings. The maximum atomic E-state index is 2.37. The van der Waals surface area contributed by atoms with E-state index in [9.17, 15) is 0 Å². The number of hydrogen-bond acceptors (Lipinski definition) is 2. The van der Waals surface area contributed by atoms with Gasteiger partial charge in [-0.2, -0.15) is 0 Å². The summed E-state index contributed by atoms with van der Waals surface area (Å²) in [6.07, 6.45) is 4.38. The summed E-state index contributed by atoms with van der Waals surface area (Å²) in [5.41, 5.74) is 10.5. The van der Waals surface area contributed by atoms with Gasteiger partial charge >= 0.3 is 0 Å². The zero-order valence-electron chi connectivity index (χ0n) is 29.9. The van der Waals surface area contributed by atoms with Crippen LogP contribution in [0.3, 0.4) is 0 Å². The van der Waals surface area contributed by atoms with Gasteiger partial charge in [0.25, 0.3) is 0 Å². The molecule has 0 radical (unpaired) electrons. The van der Waals surface area contributed by atoms with Crippen molar-refractivity contribution in [3.8, 4) is 0 Å². The summed E-state index contributed by atoms with van der Waals surface area (Å²) in [5.74, 6) is 0. The van der Waals surface area contributed by atoms with Crippen molar-refractivity contribution in [1.82, 2.24) is 0 Å². The van der Waals surface area contributed by atoms with Crippen molar-refractivity contribution < 1.29 is 0 Å². The molecule has 0 fully saturated rings. The quantitative estimate of drug-likeness (QED) is 0.148. The lowest BCUT2D eigenvalue weighted by Crippen LogP contribution is -2.13. The van der Waals surface area contributed by atoms with Gasteiger partial charge in [0, 0.05) is 33.8 Å². The maximum absolute atomic E-state index is 2.37. The predicted molar refractivity (Wildman–Crippen MR) is 225 cm³/mol. The molecule has 0 unspecified atom stereocenters. The number of hydrogen-bond donors (Lipinski definition) is 0. The van der Waals surface area contributed by atoms with E-state index in [4.69, 9.17) is 0 Å². The molecule has 0 saturated heterocycles. The Balaban J connectivity index is 1.08. The third-order valence-corrected chi connectivity index (χ3v) is 9.78. The number of benzene rings is 8. The van der Waals surface area contributed by atoms with E-state index >= 15 is 0 Å². The van der Waals surface area contributed by atoms with E-state index in [0.29, 0.717) is 0 Å². The van der Waals surface area contributed by atoms with Crippen molar-refractivity contribution in [3.05, 3.63) is 205 Å². The lowest BCUT2D eigenvalue weighted by molar-refractivity contribution is 0.590. The van der Waals surface area contributed by atoms with Crippen molar-refractivity contribution >= 4 is 67.8 Å². The van der Waals surface area contributed by atoms with Gasteiger partial charge in [-0.05, 0) is 105 Å². The van der Waals surface area contributed by atoms with Crippen LogP contribution in [0.4, 0.5) is 34.1 Å². The molecule has 0 bridgehead atoms. The van der Waals surface area contributed by atoms with Gasteiger partial charge in [-0.3, -0.25) is 0 Å². The molecular formula is C50H42N2. The summed E-state index contributed by atoms with van der Waals surface area (Å²) in [4.78, 5) is 4.69. The second-order valence-electron chi connectivity index (χ2n) is 14.3. The fourth-order valence-electron chi connectivity index (χ4n) is 6.94. The Kier molecular flexibility index (Phi) is 8.89. The second-order valence-corrected chi connectivity index (χ2v) is 14.3. The highest BCUT2D eigenvalue weighted by atomic mass is 15.1. The third kappa shape index (κ3) is 6.84. The zero-order chi connectivity index (χ0) is 35.5. The SMILES string of the molecule is CC(C)(C)c1ccc(N(c2ccc(C=Cc3ccc(N(c4ccccc4)c4ccc5ccccc5c4)cc3)cc2)c2cccc3ccccc23)cc1. The van der Waals surface area contributed by atoms with Crippen molar-refractivity contribution in [2.24, 2.45) is 0 Å². The first-order chi connectivity index (χ1) is 25.4. The molecule has 0 aliphatic rings. The van der Waals surface area contributed by atoms with E-state index in [1.165, 1.54) is 32.8 Å². The average molecular weight is 671 g/mol. The minimum atomic E-state index is 0.0929. The molecule has 0 amide bonds. The van der Waals surface area contributed by atoms with Crippen LogP contribution in [0.15, 0.2) is 188 Å². The maximum Gasteiger partial charge on any atom is 0.0540 e. The van der Waals surface area contributed by atoms with Gasteiger partial charge in [0.15, 0.2) is 0 Å². The molecule has 2 nitrogen and oxygen atoms in total. The Morgan fingerprint density at radius 2 is 0.846 bits per heavy atom. The smallest absolute Gasteiger partial charge is 0.0540 e. The zero-order valence-corrected chi connectivity index (χ0v) is 29.9.